The molecule has 7 fully saturated rings. The van der Waals surface area contributed by atoms with Crippen LogP contribution >= 0.6 is 0 Å². The number of hydrogen-bond donors (Lipinski definition) is 11. The van der Waals surface area contributed by atoms with Gasteiger partial charge in [-0.25, -0.2) is 0 Å². The van der Waals surface area contributed by atoms with Crippen LogP contribution in [0.2, 0.25) is 0 Å². The molecule has 0 aromatic heterocycles. The summed E-state index contributed by atoms with van der Waals surface area (Å²) in [6.45, 7) is 6.50. The van der Waals surface area contributed by atoms with E-state index in [1.807, 2.05) is 6.92 Å². The van der Waals surface area contributed by atoms with Crippen LogP contribution in [0.1, 0.15) is 79.1 Å². The molecule has 328 valence electrons. The van der Waals surface area contributed by atoms with E-state index in [9.17, 15) is 61.0 Å². The van der Waals surface area contributed by atoms with Crippen LogP contribution in [0.4, 0.5) is 0 Å². The lowest BCUT2D eigenvalue weighted by atomic mass is 9.41. The molecule has 3 heterocycles. The highest BCUT2D eigenvalue weighted by Gasteiger charge is 2.69. The topological polar surface area (TPSA) is 295 Å². The molecule has 7 aliphatic rings. The predicted octanol–water partition coefficient (Wildman–Crippen LogP) is -2.30. The molecule has 18 heteroatoms. The fourth-order valence-electron chi connectivity index (χ4n) is 12.0. The van der Waals surface area contributed by atoms with E-state index in [0.29, 0.717) is 38.5 Å². The number of fused-ring (bicyclic) bond motifs is 3. The highest BCUT2D eigenvalue weighted by molar-refractivity contribution is 5.77. The summed E-state index contributed by atoms with van der Waals surface area (Å²) >= 11 is 0. The molecule has 3 saturated heterocycles. The third kappa shape index (κ3) is 7.22. The third-order valence-corrected chi connectivity index (χ3v) is 15.0. The summed E-state index contributed by atoms with van der Waals surface area (Å²) in [6.07, 6.45) is -17.7. The Morgan fingerprint density at radius 3 is 1.84 bits per heavy atom. The maximum absolute atomic E-state index is 14.1. The summed E-state index contributed by atoms with van der Waals surface area (Å²) in [4.78, 5) is 14.1. The van der Waals surface area contributed by atoms with Gasteiger partial charge in [-0.15, -0.1) is 0 Å². The molecule has 0 aromatic carbocycles. The standard InChI is InChI=1S/C38H60O18.CH4/c1-16-11-37-9-5-20-35(2,7-4-8-36(20,3)34(50)55-32-28(48)26(46)23(43)18(13-40)52-32)21(37)6-10-38(16,15-37)56-33-29(49)30(24(44)19(14-41)53-33)54-31-27(47)25(45)22(42)17(12-39)51-31;/h17-33,39-49H,1,4-15H2,2-3H3;1H4/t17?,18?,19?,20-,21-,22?,23?,24?,25?,26?,27?,28?,29?,30?,31?,32?,33?,35+,36+,37+,38-;/m0./s1. The van der Waals surface area contributed by atoms with E-state index in [1.165, 1.54) is 0 Å². The molecule has 3 aliphatic heterocycles. The van der Waals surface area contributed by atoms with E-state index in [0.717, 1.165) is 24.8 Å². The molecule has 1 spiro atoms. The minimum Gasteiger partial charge on any atom is -0.432 e. The lowest BCUT2D eigenvalue weighted by Crippen LogP contribution is -2.65. The fourth-order valence-corrected chi connectivity index (χ4v) is 12.0. The van der Waals surface area contributed by atoms with Crippen LogP contribution in [0.15, 0.2) is 12.2 Å². The molecule has 7 rings (SSSR count). The number of carbonyl (C=O) groups excluding carboxylic acids is 1. The van der Waals surface area contributed by atoms with Crippen molar-refractivity contribution in [2.75, 3.05) is 19.8 Å². The van der Waals surface area contributed by atoms with Crippen LogP contribution in [0.3, 0.4) is 0 Å². The predicted molar refractivity (Wildman–Crippen MR) is 193 cm³/mol. The van der Waals surface area contributed by atoms with E-state index in [1.54, 1.807) is 0 Å². The van der Waals surface area contributed by atoms with Crippen molar-refractivity contribution in [3.63, 3.8) is 0 Å². The van der Waals surface area contributed by atoms with Crippen molar-refractivity contribution in [1.29, 1.82) is 0 Å². The van der Waals surface area contributed by atoms with Crippen molar-refractivity contribution in [2.45, 2.75) is 177 Å². The van der Waals surface area contributed by atoms with Crippen LogP contribution in [0, 0.1) is 28.1 Å². The third-order valence-electron chi connectivity index (χ3n) is 15.0. The van der Waals surface area contributed by atoms with Gasteiger partial charge in [0.1, 0.15) is 73.2 Å². The van der Waals surface area contributed by atoms with E-state index in [4.69, 9.17) is 28.4 Å². The Labute approximate surface area is 331 Å². The average molecular weight is 821 g/mol. The lowest BCUT2D eigenvalue weighted by Gasteiger charge is -2.64. The van der Waals surface area contributed by atoms with Crippen molar-refractivity contribution >= 4 is 5.97 Å². The second-order valence-corrected chi connectivity index (χ2v) is 18.0. The molecule has 0 amide bonds. The van der Waals surface area contributed by atoms with Crippen LogP contribution in [0.5, 0.6) is 0 Å². The Bertz CT molecular complexity index is 1450. The Morgan fingerprint density at radius 2 is 1.23 bits per heavy atom. The van der Waals surface area contributed by atoms with Crippen LogP contribution < -0.4 is 0 Å². The van der Waals surface area contributed by atoms with Gasteiger partial charge in [0, 0.05) is 0 Å². The first kappa shape index (κ1) is 45.1. The van der Waals surface area contributed by atoms with Crippen molar-refractivity contribution in [3.05, 3.63) is 12.2 Å². The van der Waals surface area contributed by atoms with Gasteiger partial charge in [0.15, 0.2) is 12.6 Å². The molecule has 4 aliphatic carbocycles. The Kier molecular flexibility index (Phi) is 13.0. The molecule has 18 nitrogen and oxygen atoms in total. The summed E-state index contributed by atoms with van der Waals surface area (Å²) in [5.74, 6) is -0.562. The van der Waals surface area contributed by atoms with Crippen molar-refractivity contribution in [2.24, 2.45) is 28.1 Å². The maximum atomic E-state index is 14.1. The second-order valence-electron chi connectivity index (χ2n) is 18.0. The van der Waals surface area contributed by atoms with Crippen LogP contribution in [-0.4, -0.2) is 180 Å². The van der Waals surface area contributed by atoms with Gasteiger partial charge in [-0.1, -0.05) is 27.4 Å². The first-order chi connectivity index (χ1) is 26.4. The van der Waals surface area contributed by atoms with Gasteiger partial charge in [-0.05, 0) is 86.5 Å². The second kappa shape index (κ2) is 16.4. The molecule has 2 bridgehead atoms. The number of rotatable bonds is 9. The van der Waals surface area contributed by atoms with Crippen molar-refractivity contribution < 1.29 is 89.4 Å². The number of hydrogen-bond acceptors (Lipinski definition) is 18. The fraction of sp³-hybridized carbons (Fsp3) is 0.923. The summed E-state index contributed by atoms with van der Waals surface area (Å²) in [7, 11) is 0. The smallest absolute Gasteiger partial charge is 0.314 e. The summed E-state index contributed by atoms with van der Waals surface area (Å²) in [6, 6.07) is 0. The first-order valence-electron chi connectivity index (χ1n) is 19.9. The van der Waals surface area contributed by atoms with Gasteiger partial charge in [0.25, 0.3) is 0 Å². The molecule has 4 saturated carbocycles. The van der Waals surface area contributed by atoms with Gasteiger partial charge < -0.3 is 84.6 Å². The monoisotopic (exact) mass is 820 g/mol. The maximum Gasteiger partial charge on any atom is 0.314 e. The highest BCUT2D eigenvalue weighted by atomic mass is 16.7. The van der Waals surface area contributed by atoms with E-state index < -0.39 is 129 Å². The molecule has 21 atom stereocenters. The average Bonchev–Trinajstić information content (AvgIpc) is 3.37. The minimum atomic E-state index is -1.81. The Balaban J connectivity index is 0.00000549. The van der Waals surface area contributed by atoms with Gasteiger partial charge in [-0.3, -0.25) is 4.79 Å². The number of esters is 1. The quantitative estimate of drug-likeness (QED) is 0.0662. The Hall–Kier alpha value is -1.43. The Morgan fingerprint density at radius 1 is 0.684 bits per heavy atom. The zero-order valence-electron chi connectivity index (χ0n) is 31.8. The highest BCUT2D eigenvalue weighted by Crippen LogP contribution is 2.73. The number of aliphatic hydroxyl groups is 11. The zero-order chi connectivity index (χ0) is 40.7. The number of aliphatic hydroxyl groups excluding tert-OH is 11. The van der Waals surface area contributed by atoms with Gasteiger partial charge in [0.2, 0.25) is 6.29 Å². The normalized spacial score (nSPS) is 53.6. The van der Waals surface area contributed by atoms with Crippen LogP contribution in [0.25, 0.3) is 0 Å². The molecule has 57 heavy (non-hydrogen) atoms. The number of carbonyl (C=O) groups is 1. The van der Waals surface area contributed by atoms with Crippen LogP contribution in [-0.2, 0) is 33.2 Å². The minimum absolute atomic E-state index is 0. The van der Waals surface area contributed by atoms with E-state index in [2.05, 4.69) is 13.5 Å². The van der Waals surface area contributed by atoms with E-state index >= 15 is 0 Å². The van der Waals surface area contributed by atoms with Gasteiger partial charge in [0.05, 0.1) is 30.8 Å². The summed E-state index contributed by atoms with van der Waals surface area (Å²) in [5.41, 5.74) is -1.72. The number of ether oxygens (including phenoxy) is 6. The SMILES string of the molecule is C.C=C1C[C@@]23CC[C@H]4[C@@](C)(CCC[C@@]4(C)C(=O)OC4OC(CO)C(O)C(O)C4O)[C@@H]2CC[C@]1(OC1OC(CO)C(O)C(OC2OC(CO)C(O)C(O)C2O)C1O)C3. The molecular formula is C39H64O18. The molecule has 15 unspecified atom stereocenters. The largest absolute Gasteiger partial charge is 0.432 e. The zero-order valence-corrected chi connectivity index (χ0v) is 31.8. The summed E-state index contributed by atoms with van der Waals surface area (Å²) in [5, 5.41) is 114. The molecule has 0 radical (unpaired) electrons. The van der Waals surface area contributed by atoms with Crippen molar-refractivity contribution in [3.8, 4) is 0 Å². The van der Waals surface area contributed by atoms with Gasteiger partial charge in [-0.2, -0.15) is 0 Å². The van der Waals surface area contributed by atoms with Gasteiger partial charge >= 0.3 is 5.97 Å². The first-order valence-corrected chi connectivity index (χ1v) is 19.9. The lowest BCUT2D eigenvalue weighted by molar-refractivity contribution is -0.369. The summed E-state index contributed by atoms with van der Waals surface area (Å²) < 4.78 is 35.1. The molecular weight excluding hydrogens is 756 g/mol. The molecule has 0 aromatic rings. The molecule has 11 N–H and O–H groups in total. The van der Waals surface area contributed by atoms with E-state index in [-0.39, 0.29) is 30.1 Å². The van der Waals surface area contributed by atoms with Crippen molar-refractivity contribution in [1.82, 2.24) is 0 Å².